The van der Waals surface area contributed by atoms with Gasteiger partial charge in [0.2, 0.25) is 15.9 Å². The summed E-state index contributed by atoms with van der Waals surface area (Å²) in [4.78, 5) is 16.4. The van der Waals surface area contributed by atoms with E-state index in [1.165, 1.54) is 16.8 Å². The van der Waals surface area contributed by atoms with Crippen molar-refractivity contribution in [2.24, 2.45) is 5.92 Å². The molecule has 108 valence electrons. The zero-order valence-electron chi connectivity index (χ0n) is 10.9. The molecular weight excluding hydrogens is 300 g/mol. The highest BCUT2D eigenvalue weighted by atomic mass is 32.2. The first-order valence-corrected chi connectivity index (χ1v) is 8.68. The quantitative estimate of drug-likeness (QED) is 0.881. The Kier molecular flexibility index (Phi) is 4.37. The number of rotatable bonds is 3. The number of carbonyl (C=O) groups excluding carboxylic acids is 1. The summed E-state index contributed by atoms with van der Waals surface area (Å²) < 4.78 is 24.1. The molecule has 1 aromatic heterocycles. The summed E-state index contributed by atoms with van der Waals surface area (Å²) >= 11 is 1.12. The van der Waals surface area contributed by atoms with Gasteiger partial charge in [-0.1, -0.05) is 11.3 Å². The fourth-order valence-corrected chi connectivity index (χ4v) is 3.53. The van der Waals surface area contributed by atoms with E-state index in [0.717, 1.165) is 11.3 Å². The average molecular weight is 314 g/mol. The maximum absolute atomic E-state index is 12.0. The second kappa shape index (κ2) is 5.87. The van der Waals surface area contributed by atoms with Crippen molar-refractivity contribution < 1.29 is 13.2 Å². The van der Waals surface area contributed by atoms with Gasteiger partial charge in [-0.2, -0.15) is 5.26 Å². The third-order valence-corrected chi connectivity index (χ3v) is 5.26. The fourth-order valence-electron chi connectivity index (χ4n) is 2.04. The number of nitrogens with one attached hydrogen (secondary N) is 1. The normalized spacial score (nSPS) is 17.6. The van der Waals surface area contributed by atoms with Gasteiger partial charge in [-0.15, -0.1) is 0 Å². The van der Waals surface area contributed by atoms with Crippen LogP contribution in [-0.2, 0) is 14.8 Å². The monoisotopic (exact) mass is 314 g/mol. The van der Waals surface area contributed by atoms with Gasteiger partial charge >= 0.3 is 0 Å². The molecule has 1 aromatic rings. The highest BCUT2D eigenvalue weighted by Gasteiger charge is 2.29. The Morgan fingerprint density at radius 2 is 2.20 bits per heavy atom. The third kappa shape index (κ3) is 3.53. The molecule has 0 aromatic carbocycles. The molecule has 0 aliphatic carbocycles. The Hall–Kier alpha value is -1.50. The van der Waals surface area contributed by atoms with Crippen molar-refractivity contribution in [1.82, 2.24) is 9.29 Å². The van der Waals surface area contributed by atoms with Crippen LogP contribution in [-0.4, -0.2) is 43.0 Å². The molecule has 0 unspecified atom stereocenters. The molecule has 7 nitrogen and oxygen atoms in total. The molecule has 2 rings (SSSR count). The van der Waals surface area contributed by atoms with Crippen molar-refractivity contribution >= 4 is 32.4 Å². The lowest BCUT2D eigenvalue weighted by atomic mass is 9.97. The summed E-state index contributed by atoms with van der Waals surface area (Å²) in [6, 6.07) is 1.95. The molecule has 0 radical (unpaired) electrons. The van der Waals surface area contributed by atoms with E-state index in [1.54, 1.807) is 0 Å². The Morgan fingerprint density at radius 1 is 1.55 bits per heavy atom. The first kappa shape index (κ1) is 14.9. The summed E-state index contributed by atoms with van der Waals surface area (Å²) in [5.41, 5.74) is 0. The first-order chi connectivity index (χ1) is 9.40. The van der Waals surface area contributed by atoms with Crippen LogP contribution in [0.1, 0.15) is 17.7 Å². The highest BCUT2D eigenvalue weighted by Crippen LogP contribution is 2.22. The van der Waals surface area contributed by atoms with Gasteiger partial charge in [0.05, 0.1) is 12.5 Å². The number of aromatic nitrogens is 1. The van der Waals surface area contributed by atoms with E-state index in [0.29, 0.717) is 35.9 Å². The lowest BCUT2D eigenvalue weighted by Crippen LogP contribution is -2.40. The molecule has 1 saturated heterocycles. The van der Waals surface area contributed by atoms with Crippen molar-refractivity contribution in [3.63, 3.8) is 0 Å². The second-order valence-corrected chi connectivity index (χ2v) is 7.58. The molecule has 1 fully saturated rings. The van der Waals surface area contributed by atoms with Crippen molar-refractivity contribution in [3.05, 3.63) is 11.1 Å². The Bertz CT molecular complexity index is 639. The van der Waals surface area contributed by atoms with E-state index >= 15 is 0 Å². The number of anilines is 1. The van der Waals surface area contributed by atoms with Crippen LogP contribution in [0.25, 0.3) is 0 Å². The molecule has 20 heavy (non-hydrogen) atoms. The Balaban J connectivity index is 1.91. The molecule has 1 amide bonds. The van der Waals surface area contributed by atoms with Crippen molar-refractivity contribution in [1.29, 1.82) is 5.26 Å². The van der Waals surface area contributed by atoms with Crippen LogP contribution in [0.5, 0.6) is 0 Å². The first-order valence-electron chi connectivity index (χ1n) is 6.02. The SMILES string of the molecule is CS(=O)(=O)N1CCC(C(=O)Nc2ncc(C#N)s2)CC1. The number of nitrogens with zero attached hydrogens (tertiary/aromatic N) is 3. The molecule has 2 heterocycles. The lowest BCUT2D eigenvalue weighted by molar-refractivity contribution is -0.120. The van der Waals surface area contributed by atoms with E-state index < -0.39 is 10.0 Å². The van der Waals surface area contributed by atoms with Crippen LogP contribution >= 0.6 is 11.3 Å². The number of thiazole rings is 1. The number of amides is 1. The van der Waals surface area contributed by atoms with Crippen molar-refractivity contribution in [2.75, 3.05) is 24.7 Å². The largest absolute Gasteiger partial charge is 0.302 e. The molecule has 1 aliphatic rings. The second-order valence-electron chi connectivity index (χ2n) is 4.57. The van der Waals surface area contributed by atoms with Crippen LogP contribution in [0, 0.1) is 17.2 Å². The van der Waals surface area contributed by atoms with E-state index in [4.69, 9.17) is 5.26 Å². The van der Waals surface area contributed by atoms with Gasteiger partial charge in [-0.25, -0.2) is 17.7 Å². The van der Waals surface area contributed by atoms with E-state index in [1.807, 2.05) is 6.07 Å². The van der Waals surface area contributed by atoms with Crippen LogP contribution in [0.15, 0.2) is 6.20 Å². The van der Waals surface area contributed by atoms with Crippen molar-refractivity contribution in [3.8, 4) is 6.07 Å². The maximum atomic E-state index is 12.0. The summed E-state index contributed by atoms with van der Waals surface area (Å²) in [7, 11) is -3.18. The number of hydrogen-bond acceptors (Lipinski definition) is 6. The summed E-state index contributed by atoms with van der Waals surface area (Å²) in [6.45, 7) is 0.719. The minimum absolute atomic E-state index is 0.169. The van der Waals surface area contributed by atoms with Crippen LogP contribution in [0.3, 0.4) is 0 Å². The zero-order valence-corrected chi connectivity index (χ0v) is 12.5. The van der Waals surface area contributed by atoms with E-state index in [9.17, 15) is 13.2 Å². The average Bonchev–Trinajstić information content (AvgIpc) is 2.85. The zero-order chi connectivity index (χ0) is 14.8. The Labute approximate surface area is 121 Å². The summed E-state index contributed by atoms with van der Waals surface area (Å²) in [5.74, 6) is -0.389. The third-order valence-electron chi connectivity index (χ3n) is 3.14. The molecule has 0 saturated carbocycles. The van der Waals surface area contributed by atoms with E-state index in [-0.39, 0.29) is 11.8 Å². The minimum atomic E-state index is -3.18. The molecule has 0 spiro atoms. The molecule has 9 heteroatoms. The van der Waals surface area contributed by atoms with Gasteiger partial charge in [0.1, 0.15) is 10.9 Å². The highest BCUT2D eigenvalue weighted by molar-refractivity contribution is 7.88. The number of sulfonamides is 1. The standard InChI is InChI=1S/C11H14N4O3S2/c1-20(17,18)15-4-2-8(3-5-15)10(16)14-11-13-7-9(6-12)19-11/h7-8H,2-5H2,1H3,(H,13,14,16). The topological polar surface area (TPSA) is 103 Å². The Morgan fingerprint density at radius 3 is 2.70 bits per heavy atom. The number of carbonyl (C=O) groups is 1. The predicted octanol–water partition coefficient (Wildman–Crippen LogP) is 0.625. The van der Waals surface area contributed by atoms with Gasteiger partial charge in [0, 0.05) is 19.0 Å². The van der Waals surface area contributed by atoms with Crippen LogP contribution in [0.4, 0.5) is 5.13 Å². The molecule has 0 bridgehead atoms. The number of nitriles is 1. The molecular formula is C11H14N4O3S2. The number of piperidine rings is 1. The summed E-state index contributed by atoms with van der Waals surface area (Å²) in [5, 5.41) is 11.8. The summed E-state index contributed by atoms with van der Waals surface area (Å²) in [6.07, 6.45) is 3.57. The smallest absolute Gasteiger partial charge is 0.229 e. The van der Waals surface area contributed by atoms with Crippen LogP contribution in [0.2, 0.25) is 0 Å². The van der Waals surface area contributed by atoms with Crippen molar-refractivity contribution in [2.45, 2.75) is 12.8 Å². The molecule has 0 atom stereocenters. The fraction of sp³-hybridized carbons (Fsp3) is 0.545. The van der Waals surface area contributed by atoms with Gasteiger partial charge < -0.3 is 5.32 Å². The lowest BCUT2D eigenvalue weighted by Gasteiger charge is -2.29. The molecule has 1 aliphatic heterocycles. The minimum Gasteiger partial charge on any atom is -0.302 e. The maximum Gasteiger partial charge on any atom is 0.229 e. The predicted molar refractivity (Wildman–Crippen MR) is 74.6 cm³/mol. The van der Waals surface area contributed by atoms with Gasteiger partial charge in [0.15, 0.2) is 5.13 Å². The van der Waals surface area contributed by atoms with Gasteiger partial charge in [0.25, 0.3) is 0 Å². The van der Waals surface area contributed by atoms with Gasteiger partial charge in [-0.3, -0.25) is 4.79 Å². The number of hydrogen-bond donors (Lipinski definition) is 1. The van der Waals surface area contributed by atoms with E-state index in [2.05, 4.69) is 10.3 Å². The van der Waals surface area contributed by atoms with Crippen LogP contribution < -0.4 is 5.32 Å². The van der Waals surface area contributed by atoms with Gasteiger partial charge in [-0.05, 0) is 12.8 Å². The molecule has 1 N–H and O–H groups in total.